The third-order valence-electron chi connectivity index (χ3n) is 16.2. The molecule has 0 saturated heterocycles. The van der Waals surface area contributed by atoms with Crippen molar-refractivity contribution < 1.29 is 23.5 Å². The molecular formula is C71H72ClFN6O4. The van der Waals surface area contributed by atoms with E-state index in [0.717, 1.165) is 92.7 Å². The number of fused-ring (bicyclic) bond motifs is 2. The lowest BCUT2D eigenvalue weighted by Gasteiger charge is -2.21. The van der Waals surface area contributed by atoms with Crippen LogP contribution in [0.2, 0.25) is 0 Å². The van der Waals surface area contributed by atoms with E-state index >= 15 is 0 Å². The summed E-state index contributed by atoms with van der Waals surface area (Å²) in [6.45, 7) is 5.39. The third-order valence-corrected chi connectivity index (χ3v) is 16.2. The average molecular weight is 1130 g/mol. The molecule has 2 fully saturated rings. The number of benzene rings is 8. The normalized spacial score (nSPS) is 13.7. The highest BCUT2D eigenvalue weighted by Crippen LogP contribution is 2.40. The zero-order valence-corrected chi connectivity index (χ0v) is 48.5. The monoisotopic (exact) mass is 1130 g/mol. The Morgan fingerprint density at radius 2 is 1.07 bits per heavy atom. The van der Waals surface area contributed by atoms with Gasteiger partial charge in [0.05, 0.1) is 37.3 Å². The van der Waals surface area contributed by atoms with Gasteiger partial charge in [-0.25, -0.2) is 9.36 Å². The van der Waals surface area contributed by atoms with Crippen molar-refractivity contribution in [3.63, 3.8) is 0 Å². The molecule has 2 saturated carbocycles. The van der Waals surface area contributed by atoms with Gasteiger partial charge in [0.1, 0.15) is 22.9 Å². The van der Waals surface area contributed by atoms with Gasteiger partial charge in [-0.2, -0.15) is 9.49 Å². The second-order valence-electron chi connectivity index (χ2n) is 22.2. The fraction of sp³-hybridized carbons (Fsp3) is 0.268. The van der Waals surface area contributed by atoms with Gasteiger partial charge in [0.15, 0.2) is 11.6 Å². The number of Topliss-reactive ketones (excluding diaryl/α,β-unsaturated/α-hetero) is 2. The van der Waals surface area contributed by atoms with Gasteiger partial charge < -0.3 is 20.5 Å². The maximum Gasteiger partial charge on any atom is 0.233 e. The lowest BCUT2D eigenvalue weighted by atomic mass is 9.85. The van der Waals surface area contributed by atoms with Crippen LogP contribution >= 0.6 is 12.4 Å². The fourth-order valence-electron chi connectivity index (χ4n) is 11.2. The molecule has 0 spiro atoms. The molecular weight excluding hydrogens is 1060 g/mol. The van der Waals surface area contributed by atoms with Gasteiger partial charge in [-0.05, 0) is 184 Å². The first-order valence-electron chi connectivity index (χ1n) is 28.8. The van der Waals surface area contributed by atoms with Gasteiger partial charge in [0.2, 0.25) is 5.95 Å². The quantitative estimate of drug-likeness (QED) is 0.0643. The Bertz CT molecular complexity index is 3670. The van der Waals surface area contributed by atoms with E-state index in [9.17, 15) is 14.0 Å². The minimum Gasteiger partial charge on any atom is -0.497 e. The Morgan fingerprint density at radius 3 is 1.69 bits per heavy atom. The van der Waals surface area contributed by atoms with E-state index in [2.05, 4.69) is 113 Å². The van der Waals surface area contributed by atoms with Gasteiger partial charge in [-0.15, -0.1) is 17.5 Å². The summed E-state index contributed by atoms with van der Waals surface area (Å²) in [5.74, 6) is 2.73. The molecule has 0 amide bonds. The molecule has 83 heavy (non-hydrogen) atoms. The first-order valence-corrected chi connectivity index (χ1v) is 28.8. The first-order chi connectivity index (χ1) is 40.0. The van der Waals surface area contributed by atoms with Crippen molar-refractivity contribution in [2.24, 2.45) is 17.6 Å². The number of hydrogen-bond donors (Lipinski definition) is 2. The molecule has 8 aromatic carbocycles. The number of methoxy groups -OCH3 is 2. The van der Waals surface area contributed by atoms with Crippen LogP contribution < -0.4 is 20.5 Å². The summed E-state index contributed by atoms with van der Waals surface area (Å²) < 4.78 is 28.3. The number of nitrogens with one attached hydrogen (secondary N) is 1. The van der Waals surface area contributed by atoms with Crippen LogP contribution in [0.3, 0.4) is 0 Å². The Hall–Kier alpha value is -8.22. The number of nitrogens with two attached hydrogens (primary N) is 1. The summed E-state index contributed by atoms with van der Waals surface area (Å²) in [5.41, 5.74) is 17.9. The van der Waals surface area contributed by atoms with E-state index in [1.807, 2.05) is 91.9 Å². The maximum absolute atomic E-state index is 14.3. The number of carbonyl (C=O) groups is 2. The van der Waals surface area contributed by atoms with Crippen molar-refractivity contribution in [2.75, 3.05) is 20.8 Å². The summed E-state index contributed by atoms with van der Waals surface area (Å²) in [5, 5.41) is 17.1. The van der Waals surface area contributed by atoms with E-state index in [1.165, 1.54) is 70.3 Å². The van der Waals surface area contributed by atoms with E-state index in [1.54, 1.807) is 18.9 Å². The molecule has 2 aliphatic rings. The number of rotatable bonds is 22. The van der Waals surface area contributed by atoms with Gasteiger partial charge in [0.25, 0.3) is 0 Å². The Labute approximate surface area is 492 Å². The van der Waals surface area contributed by atoms with Gasteiger partial charge in [-0.3, -0.25) is 9.59 Å². The van der Waals surface area contributed by atoms with Crippen LogP contribution in [0.1, 0.15) is 129 Å². The van der Waals surface area contributed by atoms with E-state index in [-0.39, 0.29) is 48.0 Å². The number of nitrogens with zero attached hydrogens (tertiary/aromatic N) is 4. The smallest absolute Gasteiger partial charge is 0.233 e. The van der Waals surface area contributed by atoms with Crippen LogP contribution in [0.5, 0.6) is 11.5 Å². The first kappa shape index (κ1) is 58.0. The molecule has 0 aliphatic heterocycles. The van der Waals surface area contributed by atoms with Crippen molar-refractivity contribution in [1.29, 1.82) is 0 Å². The number of ether oxygens (including phenoxy) is 2. The summed E-state index contributed by atoms with van der Waals surface area (Å²) in [4.78, 5) is 27.1. The molecule has 2 aliphatic carbocycles. The zero-order valence-electron chi connectivity index (χ0n) is 47.7. The van der Waals surface area contributed by atoms with Gasteiger partial charge in [-0.1, -0.05) is 135 Å². The lowest BCUT2D eigenvalue weighted by molar-refractivity contribution is 0.0977. The summed E-state index contributed by atoms with van der Waals surface area (Å²) in [7, 11) is 3.38. The van der Waals surface area contributed by atoms with Crippen LogP contribution in [0, 0.1) is 24.7 Å². The Morgan fingerprint density at radius 1 is 0.578 bits per heavy atom. The predicted molar refractivity (Wildman–Crippen MR) is 333 cm³/mol. The van der Waals surface area contributed by atoms with Crippen molar-refractivity contribution in [2.45, 2.75) is 90.1 Å². The highest BCUT2D eigenvalue weighted by molar-refractivity contribution is 5.97. The van der Waals surface area contributed by atoms with Crippen LogP contribution in [0.4, 0.5) is 4.39 Å². The van der Waals surface area contributed by atoms with Crippen molar-refractivity contribution >= 4 is 45.5 Å². The average Bonchev–Trinajstić information content (AvgIpc) is 4.58. The van der Waals surface area contributed by atoms with E-state index < -0.39 is 5.95 Å². The maximum atomic E-state index is 14.3. The molecule has 0 bridgehead atoms. The minimum absolute atomic E-state index is 0. The van der Waals surface area contributed by atoms with Crippen molar-refractivity contribution in [3.05, 3.63) is 250 Å². The highest BCUT2D eigenvalue weighted by Gasteiger charge is 2.27. The molecule has 10 aromatic rings. The van der Waals surface area contributed by atoms with Gasteiger partial charge in [0, 0.05) is 31.4 Å². The number of aryl methyl sites for hydroxylation is 2. The second kappa shape index (κ2) is 26.4. The topological polar surface area (TPSA) is 126 Å². The molecule has 10 nitrogen and oxygen atoms in total. The summed E-state index contributed by atoms with van der Waals surface area (Å²) in [6.07, 6.45) is 8.80. The lowest BCUT2D eigenvalue weighted by Crippen LogP contribution is -2.24. The standard InChI is InChI=1S/C36H35FN2O2.C35H36N4O2.ClH/c1-3-24-6-5-9-31(19-24)39-34(23-36(37)38-39)35(40)20-26-7-4-8-29(18-26)33(17-12-25-10-11-25)30-14-13-28-22-32(41-2)16-15-27(28)21-30;1-23-15-33(39(38-23)31-8-4-6-26(17-31)21-36)34(40)18-25-5-3-7-29(16-25)35(37-22-24-9-10-24)30-12-11-28-20-32(41-2)14-13-27(28)19-30;/h4-9,13-16,18-19,21-23,25,33H,3,10-12,17,20H2,1-2H3;3-8,11-17,19-20,24,35,37H,9-10,18,21-22,36H2,1-2H3;1H. The second-order valence-corrected chi connectivity index (χ2v) is 22.2. The molecule has 2 heterocycles. The third kappa shape index (κ3) is 14.2. The SMILES string of the molecule is CCc1cccc(-n2nc(F)cc2C(=O)Cc2cccc(C(CCC3CC3)c3ccc4cc(OC)ccc4c3)c2)c1.COc1ccc2cc(C(NCC3CC3)c3cccc(CC(=O)c4cc(C)nn4-c4cccc(CN)c4)c3)ccc2c1.Cl. The largest absolute Gasteiger partial charge is 0.497 e. The van der Waals surface area contributed by atoms with E-state index in [0.29, 0.717) is 24.3 Å². The number of halogens is 2. The Balaban J connectivity index is 0.000000183. The van der Waals surface area contributed by atoms with E-state index in [4.69, 9.17) is 15.2 Å². The molecule has 12 rings (SSSR count). The predicted octanol–water partition coefficient (Wildman–Crippen LogP) is 15.2. The molecule has 0 radical (unpaired) electrons. The summed E-state index contributed by atoms with van der Waals surface area (Å²) >= 11 is 0. The Kier molecular flexibility index (Phi) is 18.4. The minimum atomic E-state index is -0.655. The number of carbonyl (C=O) groups excluding carboxylic acids is 2. The number of ketones is 2. The van der Waals surface area contributed by atoms with Crippen molar-refractivity contribution in [3.8, 4) is 22.9 Å². The molecule has 3 N–H and O–H groups in total. The highest BCUT2D eigenvalue weighted by atomic mass is 35.5. The zero-order chi connectivity index (χ0) is 56.7. The van der Waals surface area contributed by atoms with Gasteiger partial charge >= 0.3 is 0 Å². The molecule has 424 valence electrons. The number of hydrogen-bond acceptors (Lipinski definition) is 8. The molecule has 2 unspecified atom stereocenters. The molecule has 2 aromatic heterocycles. The fourth-order valence-corrected chi connectivity index (χ4v) is 11.2. The summed E-state index contributed by atoms with van der Waals surface area (Å²) in [6, 6.07) is 61.2. The molecule has 12 heteroatoms. The molecule has 2 atom stereocenters. The van der Waals surface area contributed by atoms with Crippen LogP contribution in [0.25, 0.3) is 32.9 Å². The van der Waals surface area contributed by atoms with Crippen molar-refractivity contribution in [1.82, 2.24) is 24.9 Å². The van der Waals surface area contributed by atoms with Crippen LogP contribution in [-0.4, -0.2) is 51.9 Å². The number of aromatic nitrogens is 4. The van der Waals surface area contributed by atoms with Crippen LogP contribution in [-0.2, 0) is 25.8 Å². The van der Waals surface area contributed by atoms with Crippen LogP contribution in [0.15, 0.2) is 182 Å².